The maximum atomic E-state index is 6.29. The lowest BCUT2D eigenvalue weighted by molar-refractivity contribution is 0.167. The van der Waals surface area contributed by atoms with Gasteiger partial charge in [0, 0.05) is 23.9 Å². The van der Waals surface area contributed by atoms with Gasteiger partial charge in [0.1, 0.15) is 5.82 Å². The average molecular weight is 262 g/mol. The Kier molecular flexibility index (Phi) is 3.63. The molecule has 0 spiro atoms. The van der Waals surface area contributed by atoms with Crippen molar-refractivity contribution in [3.8, 4) is 0 Å². The number of aromatic nitrogens is 2. The van der Waals surface area contributed by atoms with Crippen LogP contribution in [0.15, 0.2) is 6.20 Å². The molecular weight excluding hydrogens is 236 g/mol. The molecule has 2 N–H and O–H groups in total. The van der Waals surface area contributed by atoms with Gasteiger partial charge in [-0.2, -0.15) is 0 Å². The van der Waals surface area contributed by atoms with E-state index in [-0.39, 0.29) is 6.17 Å². The summed E-state index contributed by atoms with van der Waals surface area (Å²) < 4.78 is 2.33. The lowest BCUT2D eigenvalue weighted by atomic mass is 9.94. The average Bonchev–Trinajstić information content (AvgIpc) is 2.84. The van der Waals surface area contributed by atoms with E-state index >= 15 is 0 Å². The zero-order valence-electron chi connectivity index (χ0n) is 12.2. The Morgan fingerprint density at radius 2 is 2.00 bits per heavy atom. The van der Waals surface area contributed by atoms with E-state index in [0.29, 0.717) is 12.0 Å². The van der Waals surface area contributed by atoms with Gasteiger partial charge in [-0.25, -0.2) is 4.98 Å². The summed E-state index contributed by atoms with van der Waals surface area (Å²) in [6.07, 6.45) is 8.11. The normalized spacial score (nSPS) is 25.8. The molecule has 4 heteroatoms. The van der Waals surface area contributed by atoms with Crippen LogP contribution in [0.25, 0.3) is 0 Å². The minimum absolute atomic E-state index is 0.157. The Morgan fingerprint density at radius 3 is 2.68 bits per heavy atom. The molecular formula is C15H26N4. The molecule has 0 amide bonds. The van der Waals surface area contributed by atoms with Crippen molar-refractivity contribution in [2.24, 2.45) is 5.73 Å². The smallest absolute Gasteiger partial charge is 0.113 e. The van der Waals surface area contributed by atoms with Gasteiger partial charge in [0.2, 0.25) is 0 Å². The largest absolute Gasteiger partial charge is 0.316 e. The molecule has 0 bridgehead atoms. The standard InChI is InChI=1S/C15H26N4/c1-11(2)18-8-6-12(7-9-18)15-17-10-13-4-3-5-14(16)19(13)15/h10-12,14H,3-9,16H2,1-2H3. The van der Waals surface area contributed by atoms with E-state index < -0.39 is 0 Å². The van der Waals surface area contributed by atoms with Gasteiger partial charge in [0.15, 0.2) is 0 Å². The van der Waals surface area contributed by atoms with Crippen molar-refractivity contribution >= 4 is 0 Å². The van der Waals surface area contributed by atoms with Gasteiger partial charge in [0.05, 0.1) is 6.17 Å². The Hall–Kier alpha value is -0.870. The molecule has 3 rings (SSSR count). The van der Waals surface area contributed by atoms with Crippen molar-refractivity contribution in [3.63, 3.8) is 0 Å². The van der Waals surface area contributed by atoms with Crippen LogP contribution in [0, 0.1) is 0 Å². The SMILES string of the molecule is CC(C)N1CCC(c2ncc3n2C(N)CCC3)CC1. The van der Waals surface area contributed by atoms with E-state index in [9.17, 15) is 0 Å². The van der Waals surface area contributed by atoms with Crippen LogP contribution in [-0.4, -0.2) is 33.6 Å². The number of fused-ring (bicyclic) bond motifs is 1. The van der Waals surface area contributed by atoms with Gasteiger partial charge in [-0.15, -0.1) is 0 Å². The molecule has 0 aromatic carbocycles. The van der Waals surface area contributed by atoms with Crippen LogP contribution in [-0.2, 0) is 6.42 Å². The summed E-state index contributed by atoms with van der Waals surface area (Å²) in [6, 6.07) is 0.664. The number of likely N-dealkylation sites (tertiary alicyclic amines) is 1. The Bertz CT molecular complexity index is 429. The van der Waals surface area contributed by atoms with Gasteiger partial charge in [-0.05, 0) is 59.0 Å². The van der Waals surface area contributed by atoms with Gasteiger partial charge in [0.25, 0.3) is 0 Å². The van der Waals surface area contributed by atoms with E-state index in [1.165, 1.54) is 43.9 Å². The first-order valence-electron chi connectivity index (χ1n) is 7.72. The fraction of sp³-hybridized carbons (Fsp3) is 0.800. The highest BCUT2D eigenvalue weighted by Gasteiger charge is 2.28. The maximum absolute atomic E-state index is 6.29. The summed E-state index contributed by atoms with van der Waals surface area (Å²) in [4.78, 5) is 7.27. The lowest BCUT2D eigenvalue weighted by Crippen LogP contribution is -2.39. The molecule has 4 nitrogen and oxygen atoms in total. The first-order valence-corrected chi connectivity index (χ1v) is 7.72. The minimum atomic E-state index is 0.157. The number of hydrogen-bond acceptors (Lipinski definition) is 3. The molecule has 1 unspecified atom stereocenters. The third-order valence-electron chi connectivity index (χ3n) is 4.79. The van der Waals surface area contributed by atoms with Crippen LogP contribution < -0.4 is 5.73 Å². The number of rotatable bonds is 2. The van der Waals surface area contributed by atoms with Crippen LogP contribution in [0.4, 0.5) is 0 Å². The summed E-state index contributed by atoms with van der Waals surface area (Å²) >= 11 is 0. The Morgan fingerprint density at radius 1 is 1.26 bits per heavy atom. The summed E-state index contributed by atoms with van der Waals surface area (Å²) in [5.74, 6) is 1.86. The highest BCUT2D eigenvalue weighted by molar-refractivity contribution is 5.14. The molecule has 1 atom stereocenters. The summed E-state index contributed by atoms with van der Waals surface area (Å²) in [5.41, 5.74) is 7.63. The highest BCUT2D eigenvalue weighted by atomic mass is 15.2. The van der Waals surface area contributed by atoms with Crippen molar-refractivity contribution < 1.29 is 0 Å². The molecule has 1 aromatic heterocycles. The van der Waals surface area contributed by atoms with Crippen LogP contribution in [0.2, 0.25) is 0 Å². The van der Waals surface area contributed by atoms with Crippen molar-refractivity contribution in [1.29, 1.82) is 0 Å². The van der Waals surface area contributed by atoms with E-state index in [0.717, 1.165) is 12.8 Å². The van der Waals surface area contributed by atoms with E-state index in [1.54, 1.807) is 0 Å². The second-order valence-electron chi connectivity index (χ2n) is 6.34. The molecule has 1 aromatic rings. The number of hydrogen-bond donors (Lipinski definition) is 1. The number of nitrogens with zero attached hydrogens (tertiary/aromatic N) is 3. The first-order chi connectivity index (χ1) is 9.16. The molecule has 1 saturated heterocycles. The molecule has 0 aliphatic carbocycles. The van der Waals surface area contributed by atoms with E-state index in [4.69, 9.17) is 10.7 Å². The zero-order chi connectivity index (χ0) is 13.4. The summed E-state index contributed by atoms with van der Waals surface area (Å²) in [5, 5.41) is 0. The third-order valence-corrected chi connectivity index (χ3v) is 4.79. The summed E-state index contributed by atoms with van der Waals surface area (Å²) in [6.45, 7) is 6.96. The maximum Gasteiger partial charge on any atom is 0.113 e. The van der Waals surface area contributed by atoms with Crippen LogP contribution >= 0.6 is 0 Å². The van der Waals surface area contributed by atoms with Gasteiger partial charge >= 0.3 is 0 Å². The molecule has 1 fully saturated rings. The molecule has 0 saturated carbocycles. The van der Waals surface area contributed by atoms with Crippen molar-refractivity contribution in [2.75, 3.05) is 13.1 Å². The second kappa shape index (κ2) is 5.25. The van der Waals surface area contributed by atoms with Gasteiger partial charge in [-0.3, -0.25) is 0 Å². The Labute approximate surface area is 116 Å². The minimum Gasteiger partial charge on any atom is -0.316 e. The molecule has 2 aliphatic heterocycles. The number of nitrogens with two attached hydrogens (primary N) is 1. The molecule has 0 radical (unpaired) electrons. The topological polar surface area (TPSA) is 47.1 Å². The number of imidazole rings is 1. The van der Waals surface area contributed by atoms with Crippen molar-refractivity contribution in [3.05, 3.63) is 17.7 Å². The van der Waals surface area contributed by atoms with Gasteiger partial charge < -0.3 is 15.2 Å². The third kappa shape index (κ3) is 2.43. The lowest BCUT2D eigenvalue weighted by Gasteiger charge is -2.35. The summed E-state index contributed by atoms with van der Waals surface area (Å²) in [7, 11) is 0. The number of aryl methyl sites for hydroxylation is 1. The van der Waals surface area contributed by atoms with Crippen LogP contribution in [0.5, 0.6) is 0 Å². The number of piperidine rings is 1. The molecule has 2 aliphatic rings. The monoisotopic (exact) mass is 262 g/mol. The Balaban J connectivity index is 1.76. The predicted octanol–water partition coefficient (Wildman–Crippen LogP) is 2.26. The molecule has 106 valence electrons. The zero-order valence-corrected chi connectivity index (χ0v) is 12.2. The second-order valence-corrected chi connectivity index (χ2v) is 6.34. The molecule has 3 heterocycles. The first kappa shape index (κ1) is 13.1. The van der Waals surface area contributed by atoms with Crippen molar-refractivity contribution in [1.82, 2.24) is 14.5 Å². The van der Waals surface area contributed by atoms with Crippen LogP contribution in [0.1, 0.15) is 63.1 Å². The predicted molar refractivity (Wildman–Crippen MR) is 77.1 cm³/mol. The van der Waals surface area contributed by atoms with Crippen LogP contribution in [0.3, 0.4) is 0 Å². The van der Waals surface area contributed by atoms with E-state index in [2.05, 4.69) is 29.5 Å². The highest BCUT2D eigenvalue weighted by Crippen LogP contribution is 2.32. The van der Waals surface area contributed by atoms with Crippen molar-refractivity contribution in [2.45, 2.75) is 64.1 Å². The van der Waals surface area contributed by atoms with E-state index in [1.807, 2.05) is 0 Å². The molecule has 19 heavy (non-hydrogen) atoms. The fourth-order valence-electron chi connectivity index (χ4n) is 3.58. The fourth-order valence-corrected chi connectivity index (χ4v) is 3.58. The van der Waals surface area contributed by atoms with Gasteiger partial charge in [-0.1, -0.05) is 0 Å². The quantitative estimate of drug-likeness (QED) is 0.889.